The van der Waals surface area contributed by atoms with E-state index in [-0.39, 0.29) is 12.3 Å². The molecule has 148 valence electrons. The molecule has 1 N–H and O–H groups in total. The van der Waals surface area contributed by atoms with E-state index in [0.717, 1.165) is 38.9 Å². The second kappa shape index (κ2) is 8.47. The molecule has 5 aromatic rings. The molecule has 0 unspecified atom stereocenters. The van der Waals surface area contributed by atoms with Gasteiger partial charge in [0.05, 0.1) is 27.3 Å². The van der Waals surface area contributed by atoms with Crippen LogP contribution in [0.2, 0.25) is 0 Å². The first-order valence-corrected chi connectivity index (χ1v) is 12.1. The SMILES string of the molecule is O=C(Cc1csc(-c2ccsc2)n1)Nc1ccc(Cc2nc3ccccc3s2)cc1. The van der Waals surface area contributed by atoms with Crippen molar-refractivity contribution in [2.45, 2.75) is 12.8 Å². The number of thiophene rings is 1. The summed E-state index contributed by atoms with van der Waals surface area (Å²) in [6.45, 7) is 0. The van der Waals surface area contributed by atoms with Gasteiger partial charge in [-0.15, -0.1) is 22.7 Å². The molecule has 0 saturated carbocycles. The Balaban J connectivity index is 1.20. The lowest BCUT2D eigenvalue weighted by Gasteiger charge is -2.05. The minimum Gasteiger partial charge on any atom is -0.326 e. The highest BCUT2D eigenvalue weighted by molar-refractivity contribution is 7.18. The van der Waals surface area contributed by atoms with Crippen LogP contribution < -0.4 is 5.32 Å². The van der Waals surface area contributed by atoms with E-state index in [4.69, 9.17) is 0 Å². The van der Waals surface area contributed by atoms with Gasteiger partial charge in [-0.05, 0) is 41.3 Å². The highest BCUT2D eigenvalue weighted by atomic mass is 32.1. The molecule has 0 bridgehead atoms. The third-order valence-electron chi connectivity index (χ3n) is 4.59. The summed E-state index contributed by atoms with van der Waals surface area (Å²) in [4.78, 5) is 21.7. The zero-order valence-electron chi connectivity index (χ0n) is 15.9. The van der Waals surface area contributed by atoms with E-state index in [1.807, 2.05) is 59.3 Å². The van der Waals surface area contributed by atoms with Gasteiger partial charge in [-0.3, -0.25) is 4.79 Å². The van der Waals surface area contributed by atoms with Gasteiger partial charge in [-0.1, -0.05) is 24.3 Å². The Hall–Kier alpha value is -2.87. The second-order valence-corrected chi connectivity index (χ2v) is 9.58. The number of carbonyl (C=O) groups is 1. The molecule has 4 nitrogen and oxygen atoms in total. The van der Waals surface area contributed by atoms with E-state index in [1.54, 1.807) is 34.0 Å². The minimum atomic E-state index is -0.0592. The third kappa shape index (κ3) is 4.33. The summed E-state index contributed by atoms with van der Waals surface area (Å²) < 4.78 is 1.21. The van der Waals surface area contributed by atoms with Crippen LogP contribution in [0.5, 0.6) is 0 Å². The number of nitrogens with one attached hydrogen (secondary N) is 1. The van der Waals surface area contributed by atoms with Crippen molar-refractivity contribution in [1.82, 2.24) is 9.97 Å². The summed E-state index contributed by atoms with van der Waals surface area (Å²) in [6, 6.07) is 18.2. The molecule has 0 aliphatic rings. The number of rotatable bonds is 6. The molecule has 7 heteroatoms. The Morgan fingerprint density at radius 2 is 1.83 bits per heavy atom. The Bertz CT molecular complexity index is 1250. The standard InChI is InChI=1S/C23H17N3OS3/c27-21(12-18-14-29-23(25-18)16-9-10-28-13-16)24-17-7-5-15(6-8-17)11-22-26-19-3-1-2-4-20(19)30-22/h1-10,13-14H,11-12H2,(H,24,27). The van der Waals surface area contributed by atoms with Gasteiger partial charge in [0.15, 0.2) is 0 Å². The van der Waals surface area contributed by atoms with Crippen molar-refractivity contribution in [3.63, 3.8) is 0 Å². The quantitative estimate of drug-likeness (QED) is 0.334. The molecular formula is C23H17N3OS3. The normalized spacial score (nSPS) is 11.1. The highest BCUT2D eigenvalue weighted by Gasteiger charge is 2.10. The topological polar surface area (TPSA) is 54.9 Å². The van der Waals surface area contributed by atoms with Gasteiger partial charge >= 0.3 is 0 Å². The van der Waals surface area contributed by atoms with Crippen LogP contribution in [0.15, 0.2) is 70.7 Å². The fourth-order valence-electron chi connectivity index (χ4n) is 3.15. The van der Waals surface area contributed by atoms with Gasteiger partial charge in [-0.2, -0.15) is 11.3 Å². The number of anilines is 1. The fourth-order valence-corrected chi connectivity index (χ4v) is 5.69. The molecule has 3 aromatic heterocycles. The maximum absolute atomic E-state index is 12.4. The van der Waals surface area contributed by atoms with Crippen molar-refractivity contribution in [2.75, 3.05) is 5.32 Å². The molecule has 0 aliphatic carbocycles. The van der Waals surface area contributed by atoms with Gasteiger partial charge in [0.1, 0.15) is 5.01 Å². The van der Waals surface area contributed by atoms with Gasteiger partial charge in [0, 0.05) is 28.4 Å². The number of benzene rings is 2. The van der Waals surface area contributed by atoms with E-state index >= 15 is 0 Å². The van der Waals surface area contributed by atoms with Crippen LogP contribution in [-0.2, 0) is 17.6 Å². The second-order valence-electron chi connectivity index (χ2n) is 6.83. The summed E-state index contributed by atoms with van der Waals surface area (Å²) in [5, 5.41) is 11.1. The highest BCUT2D eigenvalue weighted by Crippen LogP contribution is 2.26. The number of carbonyl (C=O) groups excluding carboxylic acids is 1. The van der Waals surface area contributed by atoms with Crippen molar-refractivity contribution in [2.24, 2.45) is 0 Å². The molecule has 0 atom stereocenters. The lowest BCUT2D eigenvalue weighted by atomic mass is 10.1. The van der Waals surface area contributed by atoms with Crippen molar-refractivity contribution in [3.05, 3.63) is 87.0 Å². The lowest BCUT2D eigenvalue weighted by molar-refractivity contribution is -0.115. The number of hydrogen-bond acceptors (Lipinski definition) is 6. The minimum absolute atomic E-state index is 0.0592. The number of hydrogen-bond donors (Lipinski definition) is 1. The number of thiazole rings is 2. The van der Waals surface area contributed by atoms with E-state index in [0.29, 0.717) is 0 Å². The average Bonchev–Trinajstić information content (AvgIpc) is 3.49. The van der Waals surface area contributed by atoms with Crippen LogP contribution in [0.25, 0.3) is 20.8 Å². The molecular weight excluding hydrogens is 430 g/mol. The smallest absolute Gasteiger partial charge is 0.230 e. The predicted octanol–water partition coefficient (Wildman–Crippen LogP) is 6.25. The van der Waals surface area contributed by atoms with Crippen LogP contribution in [0.1, 0.15) is 16.3 Å². The monoisotopic (exact) mass is 447 g/mol. The molecule has 0 radical (unpaired) electrons. The molecule has 5 rings (SSSR count). The number of amides is 1. The van der Waals surface area contributed by atoms with E-state index in [9.17, 15) is 4.79 Å². The molecule has 0 saturated heterocycles. The van der Waals surface area contributed by atoms with Crippen molar-refractivity contribution < 1.29 is 4.79 Å². The van der Waals surface area contributed by atoms with Gasteiger partial charge in [0.25, 0.3) is 0 Å². The van der Waals surface area contributed by atoms with E-state index in [2.05, 4.69) is 26.7 Å². The summed E-state index contributed by atoms with van der Waals surface area (Å²) in [5.41, 5.74) is 4.92. The van der Waals surface area contributed by atoms with Gasteiger partial charge in [-0.25, -0.2) is 9.97 Å². The van der Waals surface area contributed by atoms with Crippen molar-refractivity contribution in [3.8, 4) is 10.6 Å². The van der Waals surface area contributed by atoms with E-state index in [1.165, 1.54) is 10.3 Å². The molecule has 0 spiro atoms. The van der Waals surface area contributed by atoms with Crippen LogP contribution in [0, 0.1) is 0 Å². The Morgan fingerprint density at radius 1 is 0.967 bits per heavy atom. The zero-order valence-corrected chi connectivity index (χ0v) is 18.3. The fraction of sp³-hybridized carbons (Fsp3) is 0.0870. The first-order chi connectivity index (χ1) is 14.7. The molecule has 0 aliphatic heterocycles. The predicted molar refractivity (Wildman–Crippen MR) is 127 cm³/mol. The maximum atomic E-state index is 12.4. The van der Waals surface area contributed by atoms with Crippen LogP contribution in [0.4, 0.5) is 5.69 Å². The van der Waals surface area contributed by atoms with E-state index < -0.39 is 0 Å². The number of para-hydroxylation sites is 1. The number of nitrogens with zero attached hydrogens (tertiary/aromatic N) is 2. The molecule has 3 heterocycles. The van der Waals surface area contributed by atoms with Gasteiger partial charge in [0.2, 0.25) is 5.91 Å². The van der Waals surface area contributed by atoms with Crippen LogP contribution in [-0.4, -0.2) is 15.9 Å². The average molecular weight is 448 g/mol. The number of fused-ring (bicyclic) bond motifs is 1. The first kappa shape index (κ1) is 19.1. The lowest BCUT2D eigenvalue weighted by Crippen LogP contribution is -2.14. The van der Waals surface area contributed by atoms with Crippen molar-refractivity contribution >= 4 is 55.8 Å². The summed E-state index contributed by atoms with van der Waals surface area (Å²) in [6.07, 6.45) is 1.06. The molecule has 1 amide bonds. The Labute approximate surface area is 185 Å². The Kier molecular flexibility index (Phi) is 5.40. The Morgan fingerprint density at radius 3 is 2.63 bits per heavy atom. The molecule has 0 fully saturated rings. The van der Waals surface area contributed by atoms with Crippen molar-refractivity contribution in [1.29, 1.82) is 0 Å². The zero-order chi connectivity index (χ0) is 20.3. The number of aromatic nitrogens is 2. The maximum Gasteiger partial charge on any atom is 0.230 e. The molecule has 2 aromatic carbocycles. The largest absolute Gasteiger partial charge is 0.326 e. The first-order valence-electron chi connectivity index (χ1n) is 9.43. The summed E-state index contributed by atoms with van der Waals surface area (Å²) >= 11 is 4.94. The van der Waals surface area contributed by atoms with Crippen LogP contribution >= 0.6 is 34.0 Å². The summed E-state index contributed by atoms with van der Waals surface area (Å²) in [5.74, 6) is -0.0592. The molecule has 30 heavy (non-hydrogen) atoms. The third-order valence-corrected chi connectivity index (χ3v) is 7.25. The van der Waals surface area contributed by atoms with Gasteiger partial charge < -0.3 is 5.32 Å². The van der Waals surface area contributed by atoms with Crippen LogP contribution in [0.3, 0.4) is 0 Å². The summed E-state index contributed by atoms with van der Waals surface area (Å²) in [7, 11) is 0.